The number of ether oxygens (including phenoxy) is 1. The number of imidazole rings is 1. The highest BCUT2D eigenvalue weighted by Crippen LogP contribution is 2.21. The summed E-state index contributed by atoms with van der Waals surface area (Å²) in [6.45, 7) is 1.75. The SMILES string of the molecule is COc1ccc(C=Nn2cc(C)nc2N)c(F)c1F. The van der Waals surface area contributed by atoms with Gasteiger partial charge in [0.2, 0.25) is 11.8 Å². The van der Waals surface area contributed by atoms with Crippen LogP contribution in [0.4, 0.5) is 14.7 Å². The summed E-state index contributed by atoms with van der Waals surface area (Å²) in [4.78, 5) is 3.93. The number of hydrogen-bond acceptors (Lipinski definition) is 4. The lowest BCUT2D eigenvalue weighted by atomic mass is 10.2. The second-order valence-electron chi connectivity index (χ2n) is 3.81. The molecule has 0 saturated carbocycles. The highest BCUT2D eigenvalue weighted by molar-refractivity contribution is 5.80. The van der Waals surface area contributed by atoms with Crippen LogP contribution in [0.3, 0.4) is 0 Å². The third-order valence-corrected chi connectivity index (χ3v) is 2.45. The van der Waals surface area contributed by atoms with Crippen LogP contribution in [0.15, 0.2) is 23.4 Å². The summed E-state index contributed by atoms with van der Waals surface area (Å²) in [5.74, 6) is -2.07. The second kappa shape index (κ2) is 5.05. The van der Waals surface area contributed by atoms with Crippen molar-refractivity contribution >= 4 is 12.2 Å². The molecule has 0 fully saturated rings. The monoisotopic (exact) mass is 266 g/mol. The zero-order valence-electron chi connectivity index (χ0n) is 10.4. The van der Waals surface area contributed by atoms with Crippen molar-refractivity contribution in [3.05, 3.63) is 41.2 Å². The van der Waals surface area contributed by atoms with E-state index >= 15 is 0 Å². The van der Waals surface area contributed by atoms with Crippen molar-refractivity contribution in [1.82, 2.24) is 9.66 Å². The van der Waals surface area contributed by atoms with Gasteiger partial charge in [-0.1, -0.05) is 0 Å². The molecule has 1 heterocycles. The second-order valence-corrected chi connectivity index (χ2v) is 3.81. The van der Waals surface area contributed by atoms with Gasteiger partial charge in [-0.3, -0.25) is 0 Å². The molecule has 0 radical (unpaired) electrons. The van der Waals surface area contributed by atoms with Crippen LogP contribution in [-0.4, -0.2) is 23.0 Å². The number of nitrogens with zero attached hydrogens (tertiary/aromatic N) is 3. The molecule has 7 heteroatoms. The molecule has 0 amide bonds. The molecular weight excluding hydrogens is 254 g/mol. The summed E-state index contributed by atoms with van der Waals surface area (Å²) in [6, 6.07) is 2.68. The molecular formula is C12H12F2N4O. The van der Waals surface area contributed by atoms with E-state index in [1.54, 1.807) is 13.1 Å². The summed E-state index contributed by atoms with van der Waals surface area (Å²) in [5, 5.41) is 3.91. The van der Waals surface area contributed by atoms with E-state index in [1.807, 2.05) is 0 Å². The molecule has 0 spiro atoms. The maximum Gasteiger partial charge on any atom is 0.221 e. The number of hydrogen-bond donors (Lipinski definition) is 1. The Bertz CT molecular complexity index is 637. The van der Waals surface area contributed by atoms with Gasteiger partial charge >= 0.3 is 0 Å². The van der Waals surface area contributed by atoms with Crippen LogP contribution in [0.2, 0.25) is 0 Å². The lowest BCUT2D eigenvalue weighted by Crippen LogP contribution is -2.00. The van der Waals surface area contributed by atoms with E-state index in [0.29, 0.717) is 5.69 Å². The fraction of sp³-hybridized carbons (Fsp3) is 0.167. The van der Waals surface area contributed by atoms with Crippen LogP contribution in [0.1, 0.15) is 11.3 Å². The van der Waals surface area contributed by atoms with E-state index in [4.69, 9.17) is 5.73 Å². The molecule has 19 heavy (non-hydrogen) atoms. The van der Waals surface area contributed by atoms with Crippen molar-refractivity contribution in [2.24, 2.45) is 5.10 Å². The van der Waals surface area contributed by atoms with Crippen LogP contribution in [-0.2, 0) is 0 Å². The summed E-state index contributed by atoms with van der Waals surface area (Å²) in [7, 11) is 1.26. The van der Waals surface area contributed by atoms with Gasteiger partial charge in [-0.05, 0) is 19.1 Å². The molecule has 2 N–H and O–H groups in total. The van der Waals surface area contributed by atoms with Crippen LogP contribution in [0.25, 0.3) is 0 Å². The van der Waals surface area contributed by atoms with Gasteiger partial charge in [0, 0.05) is 5.56 Å². The Labute approximate surface area is 108 Å². The average Bonchev–Trinajstić information content (AvgIpc) is 2.70. The van der Waals surface area contributed by atoms with Crippen LogP contribution < -0.4 is 10.5 Å². The first-order valence-electron chi connectivity index (χ1n) is 5.40. The lowest BCUT2D eigenvalue weighted by molar-refractivity contribution is 0.371. The van der Waals surface area contributed by atoms with Gasteiger partial charge in [0.05, 0.1) is 25.2 Å². The molecule has 0 aliphatic heterocycles. The molecule has 1 aromatic heterocycles. The van der Waals surface area contributed by atoms with Crippen LogP contribution in [0.5, 0.6) is 5.75 Å². The molecule has 2 rings (SSSR count). The standard InChI is InChI=1S/C12H12F2N4O/c1-7-6-18(12(15)17-7)16-5-8-3-4-9(19-2)11(14)10(8)13/h3-6H,1-2H3,(H2,15,17). The summed E-state index contributed by atoms with van der Waals surface area (Å²) in [5.41, 5.74) is 6.24. The molecule has 1 aromatic carbocycles. The summed E-state index contributed by atoms with van der Waals surface area (Å²) in [6.07, 6.45) is 2.74. The highest BCUT2D eigenvalue weighted by Gasteiger charge is 2.12. The molecule has 100 valence electrons. The molecule has 0 atom stereocenters. The number of methoxy groups -OCH3 is 1. The van der Waals surface area contributed by atoms with E-state index < -0.39 is 11.6 Å². The van der Waals surface area contributed by atoms with Gasteiger partial charge in [0.25, 0.3) is 0 Å². The zero-order valence-corrected chi connectivity index (χ0v) is 10.4. The van der Waals surface area contributed by atoms with E-state index in [1.165, 1.54) is 23.9 Å². The molecule has 2 aromatic rings. The quantitative estimate of drug-likeness (QED) is 0.863. The third kappa shape index (κ3) is 2.54. The Kier molecular flexibility index (Phi) is 3.46. The van der Waals surface area contributed by atoms with E-state index in [0.717, 1.165) is 6.21 Å². The number of benzene rings is 1. The minimum atomic E-state index is -1.05. The zero-order chi connectivity index (χ0) is 14.0. The first kappa shape index (κ1) is 13.0. The van der Waals surface area contributed by atoms with Crippen molar-refractivity contribution in [3.8, 4) is 5.75 Å². The predicted molar refractivity (Wildman–Crippen MR) is 67.3 cm³/mol. The number of nitrogen functional groups attached to an aromatic ring is 1. The molecule has 0 aliphatic rings. The van der Waals surface area contributed by atoms with E-state index in [-0.39, 0.29) is 17.3 Å². The Balaban J connectivity index is 2.34. The highest BCUT2D eigenvalue weighted by atomic mass is 19.2. The number of rotatable bonds is 3. The van der Waals surface area contributed by atoms with Crippen LogP contribution >= 0.6 is 0 Å². The topological polar surface area (TPSA) is 65.4 Å². The van der Waals surface area contributed by atoms with Crippen molar-refractivity contribution < 1.29 is 13.5 Å². The fourth-order valence-corrected chi connectivity index (χ4v) is 1.52. The lowest BCUT2D eigenvalue weighted by Gasteiger charge is -2.04. The summed E-state index contributed by atoms with van der Waals surface area (Å²) < 4.78 is 33.1. The Hall–Kier alpha value is -2.44. The van der Waals surface area contributed by atoms with Gasteiger partial charge in [0.1, 0.15) is 0 Å². The smallest absolute Gasteiger partial charge is 0.221 e. The maximum absolute atomic E-state index is 13.7. The van der Waals surface area contributed by atoms with Gasteiger partial charge in [-0.15, -0.1) is 0 Å². The number of aromatic nitrogens is 2. The minimum absolute atomic E-state index is 0.0101. The van der Waals surface area contributed by atoms with E-state index in [2.05, 4.69) is 14.8 Å². The largest absolute Gasteiger partial charge is 0.494 e. The van der Waals surface area contributed by atoms with Gasteiger partial charge in [0.15, 0.2) is 11.6 Å². The van der Waals surface area contributed by atoms with Crippen molar-refractivity contribution in [3.63, 3.8) is 0 Å². The van der Waals surface area contributed by atoms with Gasteiger partial charge in [-0.25, -0.2) is 14.1 Å². The third-order valence-electron chi connectivity index (χ3n) is 2.45. The first-order valence-corrected chi connectivity index (χ1v) is 5.40. The molecule has 0 bridgehead atoms. The number of halogens is 2. The molecule has 0 unspecified atom stereocenters. The van der Waals surface area contributed by atoms with Gasteiger partial charge in [-0.2, -0.15) is 9.49 Å². The number of nitrogens with two attached hydrogens (primary N) is 1. The fourth-order valence-electron chi connectivity index (χ4n) is 1.52. The van der Waals surface area contributed by atoms with Crippen molar-refractivity contribution in [2.75, 3.05) is 12.8 Å². The van der Waals surface area contributed by atoms with E-state index in [9.17, 15) is 8.78 Å². The van der Waals surface area contributed by atoms with Crippen molar-refractivity contribution in [1.29, 1.82) is 0 Å². The molecule has 0 saturated heterocycles. The predicted octanol–water partition coefficient (Wildman–Crippen LogP) is 1.94. The Morgan fingerprint density at radius 2 is 2.11 bits per heavy atom. The molecule has 0 aliphatic carbocycles. The Morgan fingerprint density at radius 1 is 1.37 bits per heavy atom. The number of anilines is 1. The Morgan fingerprint density at radius 3 is 2.68 bits per heavy atom. The van der Waals surface area contributed by atoms with Crippen molar-refractivity contribution in [2.45, 2.75) is 6.92 Å². The first-order chi connectivity index (χ1) is 9.02. The summed E-state index contributed by atoms with van der Waals surface area (Å²) >= 11 is 0. The van der Waals surface area contributed by atoms with Crippen LogP contribution in [0, 0.1) is 18.6 Å². The molecule has 5 nitrogen and oxygen atoms in total. The normalized spacial score (nSPS) is 11.2. The maximum atomic E-state index is 13.7. The van der Waals surface area contributed by atoms with Gasteiger partial charge < -0.3 is 10.5 Å². The number of aryl methyl sites for hydroxylation is 1. The minimum Gasteiger partial charge on any atom is -0.494 e. The average molecular weight is 266 g/mol.